The van der Waals surface area contributed by atoms with Gasteiger partial charge in [0.05, 0.1) is 5.75 Å². The standard InChI is InChI=1S/C18H24N4OS2/c23-16(19-12-11-14-7-3-1-4-8-14)13-24-18-22-21-17(25-18)20-15-9-5-2-6-10-15/h1,3-4,7-8,15H,2,5-6,9-13H2,(H,19,23)(H,20,21). The number of thioether (sulfide) groups is 1. The second-order valence-corrected chi connectivity index (χ2v) is 8.43. The van der Waals surface area contributed by atoms with Crippen LogP contribution in [0.15, 0.2) is 34.7 Å². The highest BCUT2D eigenvalue weighted by atomic mass is 32.2. The van der Waals surface area contributed by atoms with Crippen LogP contribution in [0.4, 0.5) is 5.13 Å². The van der Waals surface area contributed by atoms with Gasteiger partial charge in [-0.25, -0.2) is 0 Å². The van der Waals surface area contributed by atoms with Crippen LogP contribution >= 0.6 is 23.1 Å². The fraction of sp³-hybridized carbons (Fsp3) is 0.500. The lowest BCUT2D eigenvalue weighted by molar-refractivity contribution is -0.118. The van der Waals surface area contributed by atoms with Crippen LogP contribution < -0.4 is 10.6 Å². The summed E-state index contributed by atoms with van der Waals surface area (Å²) in [6, 6.07) is 10.7. The molecule has 0 bridgehead atoms. The van der Waals surface area contributed by atoms with Gasteiger partial charge in [-0.3, -0.25) is 4.79 Å². The monoisotopic (exact) mass is 376 g/mol. The summed E-state index contributed by atoms with van der Waals surface area (Å²) in [5, 5.41) is 15.7. The van der Waals surface area contributed by atoms with Crippen LogP contribution in [0, 0.1) is 0 Å². The van der Waals surface area contributed by atoms with E-state index in [1.165, 1.54) is 60.8 Å². The Kier molecular flexibility index (Phi) is 7.11. The van der Waals surface area contributed by atoms with Crippen LogP contribution in [0.1, 0.15) is 37.7 Å². The minimum atomic E-state index is 0.0397. The van der Waals surface area contributed by atoms with Crippen molar-refractivity contribution in [2.24, 2.45) is 0 Å². The van der Waals surface area contributed by atoms with E-state index in [9.17, 15) is 4.79 Å². The molecule has 134 valence electrons. The van der Waals surface area contributed by atoms with Crippen molar-refractivity contribution in [3.05, 3.63) is 35.9 Å². The van der Waals surface area contributed by atoms with Crippen LogP contribution in [0.5, 0.6) is 0 Å². The van der Waals surface area contributed by atoms with Gasteiger partial charge in [-0.15, -0.1) is 10.2 Å². The first-order chi connectivity index (χ1) is 12.3. The quantitative estimate of drug-likeness (QED) is 0.687. The SMILES string of the molecule is O=C(CSc1nnc(NC2CCCCC2)s1)NCCc1ccccc1. The lowest BCUT2D eigenvalue weighted by Crippen LogP contribution is -2.27. The number of nitrogens with one attached hydrogen (secondary N) is 2. The lowest BCUT2D eigenvalue weighted by Gasteiger charge is -2.21. The molecule has 1 aromatic carbocycles. The molecule has 0 radical (unpaired) electrons. The van der Waals surface area contributed by atoms with E-state index in [1.54, 1.807) is 0 Å². The van der Waals surface area contributed by atoms with Crippen molar-refractivity contribution in [3.63, 3.8) is 0 Å². The van der Waals surface area contributed by atoms with E-state index in [4.69, 9.17) is 0 Å². The fourth-order valence-corrected chi connectivity index (χ4v) is 4.58. The Morgan fingerprint density at radius 2 is 1.96 bits per heavy atom. The summed E-state index contributed by atoms with van der Waals surface area (Å²) in [6.45, 7) is 0.661. The highest BCUT2D eigenvalue weighted by Gasteiger charge is 2.15. The first-order valence-corrected chi connectivity index (χ1v) is 10.6. The van der Waals surface area contributed by atoms with Crippen molar-refractivity contribution in [1.29, 1.82) is 0 Å². The highest BCUT2D eigenvalue weighted by Crippen LogP contribution is 2.28. The van der Waals surface area contributed by atoms with Crippen LogP contribution in [0.2, 0.25) is 0 Å². The molecular weight excluding hydrogens is 352 g/mol. The predicted octanol–water partition coefficient (Wildman–Crippen LogP) is 3.73. The van der Waals surface area contributed by atoms with Crippen molar-refractivity contribution in [2.75, 3.05) is 17.6 Å². The molecule has 7 heteroatoms. The number of hydrogen-bond donors (Lipinski definition) is 2. The molecular formula is C18H24N4OS2. The van der Waals surface area contributed by atoms with Crippen molar-refractivity contribution < 1.29 is 4.79 Å². The summed E-state index contributed by atoms with van der Waals surface area (Å²) < 4.78 is 0.844. The van der Waals surface area contributed by atoms with E-state index in [-0.39, 0.29) is 5.91 Å². The number of aromatic nitrogens is 2. The van der Waals surface area contributed by atoms with Gasteiger partial charge < -0.3 is 10.6 Å². The van der Waals surface area contributed by atoms with Crippen molar-refractivity contribution >= 4 is 34.1 Å². The molecule has 0 atom stereocenters. The van der Waals surface area contributed by atoms with Gasteiger partial charge in [0.25, 0.3) is 0 Å². The number of carbonyl (C=O) groups is 1. The zero-order chi connectivity index (χ0) is 17.3. The number of anilines is 1. The number of amides is 1. The van der Waals surface area contributed by atoms with Crippen molar-refractivity contribution in [3.8, 4) is 0 Å². The Morgan fingerprint density at radius 3 is 2.76 bits per heavy atom. The number of hydrogen-bond acceptors (Lipinski definition) is 6. The van der Waals surface area contributed by atoms with E-state index in [0.717, 1.165) is 15.9 Å². The molecule has 2 aromatic rings. The summed E-state index contributed by atoms with van der Waals surface area (Å²) in [7, 11) is 0. The molecule has 1 saturated carbocycles. The van der Waals surface area contributed by atoms with Gasteiger partial charge in [-0.1, -0.05) is 72.7 Å². The van der Waals surface area contributed by atoms with Gasteiger partial charge in [0.2, 0.25) is 11.0 Å². The number of rotatable bonds is 8. The Balaban J connectivity index is 1.34. The smallest absolute Gasteiger partial charge is 0.230 e. The zero-order valence-electron chi connectivity index (χ0n) is 14.2. The molecule has 0 spiro atoms. The van der Waals surface area contributed by atoms with Gasteiger partial charge >= 0.3 is 0 Å². The minimum Gasteiger partial charge on any atom is -0.357 e. The Morgan fingerprint density at radius 1 is 1.16 bits per heavy atom. The normalized spacial score (nSPS) is 15.0. The van der Waals surface area contributed by atoms with E-state index in [2.05, 4.69) is 33.0 Å². The van der Waals surface area contributed by atoms with E-state index in [1.807, 2.05) is 18.2 Å². The third-order valence-electron chi connectivity index (χ3n) is 4.24. The molecule has 0 unspecified atom stereocenters. The van der Waals surface area contributed by atoms with E-state index in [0.29, 0.717) is 18.3 Å². The maximum absolute atomic E-state index is 11.9. The molecule has 1 amide bonds. The largest absolute Gasteiger partial charge is 0.357 e. The third-order valence-corrected chi connectivity index (χ3v) is 6.23. The topological polar surface area (TPSA) is 66.9 Å². The summed E-state index contributed by atoms with van der Waals surface area (Å²) in [5.41, 5.74) is 1.23. The Hall–Kier alpha value is -1.60. The Bertz CT molecular complexity index is 656. The number of benzene rings is 1. The predicted molar refractivity (Wildman–Crippen MR) is 104 cm³/mol. The van der Waals surface area contributed by atoms with Crippen molar-refractivity contribution in [2.45, 2.75) is 48.9 Å². The average Bonchev–Trinajstić information content (AvgIpc) is 3.09. The molecule has 5 nitrogen and oxygen atoms in total. The summed E-state index contributed by atoms with van der Waals surface area (Å²) >= 11 is 2.99. The Labute approximate surface area is 157 Å². The lowest BCUT2D eigenvalue weighted by atomic mass is 9.96. The molecule has 0 aliphatic heterocycles. The van der Waals surface area contributed by atoms with Crippen LogP contribution in [-0.4, -0.2) is 34.4 Å². The van der Waals surface area contributed by atoms with Gasteiger partial charge in [-0.05, 0) is 24.8 Å². The van der Waals surface area contributed by atoms with Gasteiger partial charge in [0.1, 0.15) is 0 Å². The van der Waals surface area contributed by atoms with Gasteiger partial charge in [0.15, 0.2) is 4.34 Å². The minimum absolute atomic E-state index is 0.0397. The van der Waals surface area contributed by atoms with Gasteiger partial charge in [-0.2, -0.15) is 0 Å². The molecule has 1 aliphatic rings. The number of carbonyl (C=O) groups excluding carboxylic acids is 1. The highest BCUT2D eigenvalue weighted by molar-refractivity contribution is 8.01. The third kappa shape index (κ3) is 6.32. The van der Waals surface area contributed by atoms with Crippen molar-refractivity contribution in [1.82, 2.24) is 15.5 Å². The van der Waals surface area contributed by atoms with E-state index >= 15 is 0 Å². The van der Waals surface area contributed by atoms with Crippen LogP contribution in [0.25, 0.3) is 0 Å². The fourth-order valence-electron chi connectivity index (χ4n) is 2.92. The van der Waals surface area contributed by atoms with Crippen LogP contribution in [-0.2, 0) is 11.2 Å². The summed E-state index contributed by atoms with van der Waals surface area (Å²) in [5.74, 6) is 0.422. The summed E-state index contributed by atoms with van der Waals surface area (Å²) in [4.78, 5) is 11.9. The molecule has 0 saturated heterocycles. The van der Waals surface area contributed by atoms with E-state index < -0.39 is 0 Å². The molecule has 1 heterocycles. The molecule has 25 heavy (non-hydrogen) atoms. The maximum Gasteiger partial charge on any atom is 0.230 e. The molecule has 1 fully saturated rings. The first kappa shape index (κ1) is 18.2. The average molecular weight is 377 g/mol. The first-order valence-electron chi connectivity index (χ1n) is 8.83. The summed E-state index contributed by atoms with van der Waals surface area (Å²) in [6.07, 6.45) is 7.21. The van der Waals surface area contributed by atoms with Gasteiger partial charge in [0, 0.05) is 12.6 Å². The molecule has 3 rings (SSSR count). The molecule has 1 aliphatic carbocycles. The second-order valence-electron chi connectivity index (χ2n) is 6.23. The number of nitrogens with zero attached hydrogens (tertiary/aromatic N) is 2. The second kappa shape index (κ2) is 9.77. The van der Waals surface area contributed by atoms with Crippen LogP contribution in [0.3, 0.4) is 0 Å². The maximum atomic E-state index is 11.9. The molecule has 2 N–H and O–H groups in total. The molecule has 1 aromatic heterocycles. The zero-order valence-corrected chi connectivity index (χ0v) is 15.9.